The molecule has 0 radical (unpaired) electrons. The minimum atomic E-state index is -0.0105. The van der Waals surface area contributed by atoms with Crippen molar-refractivity contribution < 1.29 is 0 Å². The molecule has 0 spiro atoms. The average Bonchev–Trinajstić information content (AvgIpc) is 2.29. The maximum atomic E-state index is 5.80. The zero-order valence-electron chi connectivity index (χ0n) is 9.10. The van der Waals surface area contributed by atoms with Crippen molar-refractivity contribution in [1.29, 1.82) is 0 Å². The molecule has 2 nitrogen and oxygen atoms in total. The van der Waals surface area contributed by atoms with Crippen molar-refractivity contribution in [1.82, 2.24) is 4.90 Å². The van der Waals surface area contributed by atoms with Crippen molar-refractivity contribution in [3.8, 4) is 0 Å². The Morgan fingerprint density at radius 3 is 2.60 bits per heavy atom. The molecule has 0 amide bonds. The third-order valence-corrected chi connectivity index (χ3v) is 2.69. The minimum Gasteiger partial charge on any atom is -0.323 e. The van der Waals surface area contributed by atoms with E-state index in [9.17, 15) is 0 Å². The lowest BCUT2D eigenvalue weighted by molar-refractivity contribution is 0.279. The van der Waals surface area contributed by atoms with Gasteiger partial charge in [-0.15, -0.1) is 0 Å². The maximum Gasteiger partial charge on any atom is 0.0457 e. The Kier molecular flexibility index (Phi) is 5.47. The van der Waals surface area contributed by atoms with Crippen LogP contribution in [0.1, 0.15) is 12.5 Å². The highest BCUT2D eigenvalue weighted by molar-refractivity contribution is 7.79. The zero-order valence-corrected chi connectivity index (χ0v) is 9.91. The first kappa shape index (κ1) is 12.3. The summed E-state index contributed by atoms with van der Waals surface area (Å²) < 4.78 is 0. The van der Waals surface area contributed by atoms with Crippen LogP contribution in [-0.4, -0.2) is 29.4 Å². The number of likely N-dealkylation sites (N-methyl/N-ethyl adjacent to an activating group) is 1. The highest BCUT2D eigenvalue weighted by atomic mass is 32.1. The molecule has 1 unspecified atom stereocenters. The molecule has 0 fully saturated rings. The highest BCUT2D eigenvalue weighted by Gasteiger charge is 2.06. The van der Waals surface area contributed by atoms with E-state index < -0.39 is 0 Å². The van der Waals surface area contributed by atoms with Crippen molar-refractivity contribution in [3.63, 3.8) is 0 Å². The van der Waals surface area contributed by atoms with Gasteiger partial charge in [-0.3, -0.25) is 4.90 Å². The Balaban J connectivity index is 2.50. The lowest BCUT2D eigenvalue weighted by atomic mass is 10.2. The maximum absolute atomic E-state index is 5.80. The quantitative estimate of drug-likeness (QED) is 0.745. The lowest BCUT2D eigenvalue weighted by Gasteiger charge is -2.22. The second kappa shape index (κ2) is 6.67. The summed E-state index contributed by atoms with van der Waals surface area (Å²) in [6.45, 7) is 4.90. The van der Waals surface area contributed by atoms with Crippen LogP contribution in [0.15, 0.2) is 30.3 Å². The first-order valence-electron chi connectivity index (χ1n) is 5.23. The SMILES string of the molecule is CCN(Cc1ccccc1)CC(N)C=S. The van der Waals surface area contributed by atoms with Crippen LogP contribution >= 0.6 is 12.2 Å². The van der Waals surface area contributed by atoms with Gasteiger partial charge in [0.15, 0.2) is 0 Å². The van der Waals surface area contributed by atoms with Crippen molar-refractivity contribution in [2.24, 2.45) is 5.73 Å². The summed E-state index contributed by atoms with van der Waals surface area (Å²) in [6.07, 6.45) is 0. The van der Waals surface area contributed by atoms with Crippen LogP contribution in [0.3, 0.4) is 0 Å². The molecule has 0 saturated heterocycles. The van der Waals surface area contributed by atoms with Crippen molar-refractivity contribution in [3.05, 3.63) is 35.9 Å². The van der Waals surface area contributed by atoms with Crippen LogP contribution in [0.2, 0.25) is 0 Å². The number of rotatable bonds is 6. The van der Waals surface area contributed by atoms with E-state index in [1.54, 1.807) is 5.37 Å². The molecule has 0 heterocycles. The first-order valence-corrected chi connectivity index (χ1v) is 5.70. The van der Waals surface area contributed by atoms with Crippen LogP contribution < -0.4 is 5.73 Å². The van der Waals surface area contributed by atoms with Crippen LogP contribution in [0.4, 0.5) is 0 Å². The Labute approximate surface area is 97.1 Å². The molecule has 0 aliphatic rings. The Morgan fingerprint density at radius 2 is 2.07 bits per heavy atom. The Hall–Kier alpha value is -0.770. The fourth-order valence-electron chi connectivity index (χ4n) is 1.49. The second-order valence-corrected chi connectivity index (χ2v) is 3.89. The summed E-state index contributed by atoms with van der Waals surface area (Å²) in [5.41, 5.74) is 7.12. The molecule has 0 aromatic heterocycles. The molecule has 2 N–H and O–H groups in total. The van der Waals surface area contributed by atoms with Crippen LogP contribution in [0.5, 0.6) is 0 Å². The van der Waals surface area contributed by atoms with Gasteiger partial charge in [-0.05, 0) is 17.5 Å². The third-order valence-electron chi connectivity index (χ3n) is 2.34. The number of nitrogens with zero attached hydrogens (tertiary/aromatic N) is 1. The van der Waals surface area contributed by atoms with Gasteiger partial charge in [0.05, 0.1) is 0 Å². The van der Waals surface area contributed by atoms with Crippen molar-refractivity contribution in [2.75, 3.05) is 13.1 Å². The van der Waals surface area contributed by atoms with Crippen molar-refractivity contribution >= 4 is 17.6 Å². The van der Waals surface area contributed by atoms with Gasteiger partial charge in [0.2, 0.25) is 0 Å². The van der Waals surface area contributed by atoms with Gasteiger partial charge in [0, 0.05) is 19.1 Å². The molecule has 0 bridgehead atoms. The number of benzene rings is 1. The number of nitrogens with two attached hydrogens (primary N) is 1. The molecular formula is C12H18N2S. The van der Waals surface area contributed by atoms with Crippen LogP contribution in [0.25, 0.3) is 0 Å². The summed E-state index contributed by atoms with van der Waals surface area (Å²) in [5.74, 6) is 0. The minimum absolute atomic E-state index is 0.0105. The number of thiocarbonyl (C=S) groups is 1. The standard InChI is InChI=1S/C12H18N2S/c1-2-14(9-12(13)10-15)8-11-6-4-3-5-7-11/h3-7,10,12H,2,8-9,13H2,1H3. The monoisotopic (exact) mass is 222 g/mol. The number of hydrogen-bond donors (Lipinski definition) is 1. The summed E-state index contributed by atoms with van der Waals surface area (Å²) in [4.78, 5) is 2.29. The normalized spacial score (nSPS) is 12.7. The largest absolute Gasteiger partial charge is 0.323 e. The molecule has 82 valence electrons. The molecule has 0 aliphatic heterocycles. The number of hydrogen-bond acceptors (Lipinski definition) is 3. The fourth-order valence-corrected chi connectivity index (χ4v) is 1.57. The van der Waals surface area contributed by atoms with E-state index in [1.807, 2.05) is 6.07 Å². The molecule has 1 atom stereocenters. The zero-order chi connectivity index (χ0) is 11.1. The van der Waals surface area contributed by atoms with Crippen LogP contribution in [-0.2, 0) is 6.54 Å². The van der Waals surface area contributed by atoms with Gasteiger partial charge in [-0.25, -0.2) is 0 Å². The summed E-state index contributed by atoms with van der Waals surface area (Å²) in [7, 11) is 0. The molecule has 1 rings (SSSR count). The van der Waals surface area contributed by atoms with E-state index in [0.29, 0.717) is 0 Å². The van der Waals surface area contributed by atoms with Crippen LogP contribution in [0, 0.1) is 0 Å². The predicted molar refractivity (Wildman–Crippen MR) is 69.0 cm³/mol. The van der Waals surface area contributed by atoms with Gasteiger partial charge in [-0.1, -0.05) is 49.5 Å². The molecular weight excluding hydrogens is 204 g/mol. The Morgan fingerprint density at radius 1 is 1.40 bits per heavy atom. The van der Waals surface area contributed by atoms with Gasteiger partial charge < -0.3 is 5.73 Å². The molecule has 1 aromatic carbocycles. The predicted octanol–water partition coefficient (Wildman–Crippen LogP) is 1.84. The fraction of sp³-hybridized carbons (Fsp3) is 0.417. The second-order valence-electron chi connectivity index (χ2n) is 3.61. The topological polar surface area (TPSA) is 29.3 Å². The molecule has 0 saturated carbocycles. The van der Waals surface area contributed by atoms with Gasteiger partial charge in [-0.2, -0.15) is 0 Å². The van der Waals surface area contributed by atoms with E-state index in [-0.39, 0.29) is 6.04 Å². The smallest absolute Gasteiger partial charge is 0.0457 e. The van der Waals surface area contributed by atoms with E-state index in [2.05, 4.69) is 36.1 Å². The van der Waals surface area contributed by atoms with E-state index in [0.717, 1.165) is 19.6 Å². The summed E-state index contributed by atoms with van der Waals surface area (Å²) in [5, 5.41) is 1.63. The van der Waals surface area contributed by atoms with E-state index in [4.69, 9.17) is 18.0 Å². The molecule has 3 heteroatoms. The molecule has 0 aliphatic carbocycles. The summed E-state index contributed by atoms with van der Waals surface area (Å²) >= 11 is 4.83. The lowest BCUT2D eigenvalue weighted by Crippen LogP contribution is -2.37. The van der Waals surface area contributed by atoms with E-state index in [1.165, 1.54) is 5.56 Å². The summed E-state index contributed by atoms with van der Waals surface area (Å²) in [6, 6.07) is 10.4. The molecule has 15 heavy (non-hydrogen) atoms. The van der Waals surface area contributed by atoms with Crippen molar-refractivity contribution in [2.45, 2.75) is 19.5 Å². The van der Waals surface area contributed by atoms with Gasteiger partial charge in [0.25, 0.3) is 0 Å². The first-order chi connectivity index (χ1) is 7.26. The molecule has 1 aromatic rings. The third kappa shape index (κ3) is 4.51. The van der Waals surface area contributed by atoms with Gasteiger partial charge >= 0.3 is 0 Å². The highest BCUT2D eigenvalue weighted by Crippen LogP contribution is 2.04. The Bertz CT molecular complexity index is 287. The van der Waals surface area contributed by atoms with E-state index >= 15 is 0 Å². The van der Waals surface area contributed by atoms with Gasteiger partial charge in [0.1, 0.15) is 0 Å². The average molecular weight is 222 g/mol.